The normalized spacial score (nSPS) is 20.9. The molecule has 2 aliphatic rings. The fourth-order valence-electron chi connectivity index (χ4n) is 4.42. The Morgan fingerprint density at radius 3 is 2.55 bits per heavy atom. The van der Waals surface area contributed by atoms with E-state index in [4.69, 9.17) is 4.74 Å². The van der Waals surface area contributed by atoms with Crippen molar-refractivity contribution in [3.05, 3.63) is 65.7 Å². The van der Waals surface area contributed by atoms with Gasteiger partial charge in [-0.25, -0.2) is 0 Å². The lowest BCUT2D eigenvalue weighted by Crippen LogP contribution is -2.47. The maximum absolute atomic E-state index is 10.4. The van der Waals surface area contributed by atoms with Crippen LogP contribution in [-0.4, -0.2) is 30.3 Å². The molecule has 1 spiro atoms. The highest BCUT2D eigenvalue weighted by molar-refractivity contribution is 14.0. The maximum Gasteiger partial charge on any atom is 0.191 e. The second-order valence-corrected chi connectivity index (χ2v) is 7.81. The van der Waals surface area contributed by atoms with Crippen LogP contribution >= 0.6 is 24.0 Å². The van der Waals surface area contributed by atoms with Crippen LogP contribution < -0.4 is 15.4 Å². The van der Waals surface area contributed by atoms with E-state index in [1.54, 1.807) is 7.05 Å². The third-order valence-corrected chi connectivity index (χ3v) is 5.89. The number of nitrogens with zero attached hydrogens (tertiary/aromatic N) is 1. The molecular formula is C23H30IN3O2. The van der Waals surface area contributed by atoms with E-state index in [1.165, 1.54) is 18.4 Å². The minimum Gasteiger partial charge on any atom is -0.487 e. The lowest BCUT2D eigenvalue weighted by molar-refractivity contribution is 0.0395. The first kappa shape index (κ1) is 21.9. The van der Waals surface area contributed by atoms with Gasteiger partial charge in [-0.1, -0.05) is 48.5 Å². The van der Waals surface area contributed by atoms with Gasteiger partial charge in [-0.3, -0.25) is 4.99 Å². The molecule has 4 rings (SSSR count). The van der Waals surface area contributed by atoms with E-state index >= 15 is 0 Å². The molecule has 0 bridgehead atoms. The summed E-state index contributed by atoms with van der Waals surface area (Å²) in [6, 6.07) is 18.1. The summed E-state index contributed by atoms with van der Waals surface area (Å²) in [7, 11) is 1.76. The van der Waals surface area contributed by atoms with Crippen molar-refractivity contribution in [2.75, 3.05) is 13.6 Å². The second-order valence-electron chi connectivity index (χ2n) is 7.81. The highest BCUT2D eigenvalue weighted by Crippen LogP contribution is 2.46. The molecule has 1 fully saturated rings. The van der Waals surface area contributed by atoms with Crippen LogP contribution in [0.25, 0.3) is 0 Å². The van der Waals surface area contributed by atoms with Gasteiger partial charge in [-0.05, 0) is 37.3 Å². The molecule has 0 amide bonds. The topological polar surface area (TPSA) is 65.9 Å². The summed E-state index contributed by atoms with van der Waals surface area (Å²) in [5.41, 5.74) is 2.01. The number of guanidine groups is 1. The number of aliphatic imine (C=N–C) groups is 1. The molecule has 29 heavy (non-hydrogen) atoms. The van der Waals surface area contributed by atoms with Gasteiger partial charge < -0.3 is 20.5 Å². The lowest BCUT2D eigenvalue weighted by Gasteiger charge is -2.40. The minimum atomic E-state index is -0.581. The largest absolute Gasteiger partial charge is 0.487 e. The molecule has 0 saturated heterocycles. The van der Waals surface area contributed by atoms with Gasteiger partial charge in [-0.15, -0.1) is 24.0 Å². The molecule has 0 radical (unpaired) electrons. The van der Waals surface area contributed by atoms with Crippen LogP contribution in [0.5, 0.6) is 5.75 Å². The minimum absolute atomic E-state index is 0. The molecule has 2 aromatic rings. The smallest absolute Gasteiger partial charge is 0.191 e. The predicted molar refractivity (Wildman–Crippen MR) is 127 cm³/mol. The number of nitrogens with one attached hydrogen (secondary N) is 2. The number of para-hydroxylation sites is 1. The van der Waals surface area contributed by atoms with Crippen molar-refractivity contribution >= 4 is 29.9 Å². The Kier molecular flexibility index (Phi) is 7.40. The van der Waals surface area contributed by atoms with Gasteiger partial charge in [0.2, 0.25) is 0 Å². The number of aliphatic hydroxyl groups excluding tert-OH is 1. The van der Waals surface area contributed by atoms with Crippen molar-refractivity contribution in [2.24, 2.45) is 4.99 Å². The molecular weight excluding hydrogens is 477 g/mol. The van der Waals surface area contributed by atoms with Gasteiger partial charge in [0.05, 0.1) is 12.1 Å². The number of ether oxygens (including phenoxy) is 1. The lowest BCUT2D eigenvalue weighted by atomic mass is 9.86. The molecule has 1 aliphatic heterocycles. The highest BCUT2D eigenvalue weighted by atomic mass is 127. The SMILES string of the molecule is CN=C(NCC(O)c1ccccc1)NC1CC2(CCCC2)Oc2ccccc21.I. The van der Waals surface area contributed by atoms with E-state index in [-0.39, 0.29) is 35.6 Å². The van der Waals surface area contributed by atoms with E-state index in [0.29, 0.717) is 12.5 Å². The molecule has 1 aliphatic carbocycles. The van der Waals surface area contributed by atoms with E-state index in [9.17, 15) is 5.11 Å². The van der Waals surface area contributed by atoms with Crippen LogP contribution in [-0.2, 0) is 0 Å². The van der Waals surface area contributed by atoms with E-state index in [1.807, 2.05) is 36.4 Å². The number of aliphatic hydroxyl groups is 1. The number of hydrogen-bond donors (Lipinski definition) is 3. The summed E-state index contributed by atoms with van der Waals surface area (Å²) in [5.74, 6) is 1.68. The number of halogens is 1. The number of fused-ring (bicyclic) bond motifs is 1. The van der Waals surface area contributed by atoms with Crippen LogP contribution in [0.2, 0.25) is 0 Å². The quantitative estimate of drug-likeness (QED) is 0.328. The predicted octanol–water partition coefficient (Wildman–Crippen LogP) is 4.34. The average Bonchev–Trinajstić information content (AvgIpc) is 3.18. The van der Waals surface area contributed by atoms with Crippen molar-refractivity contribution in [1.82, 2.24) is 10.6 Å². The highest BCUT2D eigenvalue weighted by Gasteiger charge is 2.43. The molecule has 1 heterocycles. The summed E-state index contributed by atoms with van der Waals surface area (Å²) < 4.78 is 6.44. The molecule has 3 N–H and O–H groups in total. The summed E-state index contributed by atoms with van der Waals surface area (Å²) in [6.07, 6.45) is 5.03. The summed E-state index contributed by atoms with van der Waals surface area (Å²) in [4.78, 5) is 4.38. The Morgan fingerprint density at radius 2 is 1.83 bits per heavy atom. The van der Waals surface area contributed by atoms with Gasteiger partial charge in [0.25, 0.3) is 0 Å². The van der Waals surface area contributed by atoms with Crippen molar-refractivity contribution in [3.63, 3.8) is 0 Å². The van der Waals surface area contributed by atoms with Crippen LogP contribution in [0.4, 0.5) is 0 Å². The third-order valence-electron chi connectivity index (χ3n) is 5.89. The number of benzene rings is 2. The zero-order valence-electron chi connectivity index (χ0n) is 16.8. The molecule has 2 aromatic carbocycles. The van der Waals surface area contributed by atoms with Gasteiger partial charge in [0, 0.05) is 25.6 Å². The van der Waals surface area contributed by atoms with Crippen molar-refractivity contribution in [1.29, 1.82) is 0 Å². The van der Waals surface area contributed by atoms with Crippen molar-refractivity contribution < 1.29 is 9.84 Å². The second kappa shape index (κ2) is 9.80. The van der Waals surface area contributed by atoms with Gasteiger partial charge >= 0.3 is 0 Å². The Morgan fingerprint density at radius 1 is 1.14 bits per heavy atom. The molecule has 2 unspecified atom stereocenters. The first-order valence-electron chi connectivity index (χ1n) is 10.2. The first-order valence-corrected chi connectivity index (χ1v) is 10.2. The van der Waals surface area contributed by atoms with Gasteiger partial charge in [0.1, 0.15) is 11.4 Å². The Labute approximate surface area is 190 Å². The summed E-state index contributed by atoms with van der Waals surface area (Å²) >= 11 is 0. The monoisotopic (exact) mass is 507 g/mol. The molecule has 6 heteroatoms. The Bertz CT molecular complexity index is 822. The zero-order chi connectivity index (χ0) is 19.4. The maximum atomic E-state index is 10.4. The molecule has 1 saturated carbocycles. The fourth-order valence-corrected chi connectivity index (χ4v) is 4.42. The van der Waals surface area contributed by atoms with Crippen LogP contribution in [0.1, 0.15) is 55.4 Å². The first-order chi connectivity index (χ1) is 13.7. The van der Waals surface area contributed by atoms with Crippen molar-refractivity contribution in [3.8, 4) is 5.75 Å². The van der Waals surface area contributed by atoms with E-state index in [2.05, 4.69) is 33.8 Å². The van der Waals surface area contributed by atoms with Crippen molar-refractivity contribution in [2.45, 2.75) is 49.9 Å². The molecule has 0 aromatic heterocycles. The fraction of sp³-hybridized carbons (Fsp3) is 0.435. The van der Waals surface area contributed by atoms with Gasteiger partial charge in [0.15, 0.2) is 5.96 Å². The van der Waals surface area contributed by atoms with E-state index < -0.39 is 6.10 Å². The molecule has 156 valence electrons. The third kappa shape index (κ3) is 5.04. The summed E-state index contributed by atoms with van der Waals surface area (Å²) in [5, 5.41) is 17.3. The number of rotatable bonds is 4. The Hall–Kier alpha value is -1.80. The zero-order valence-corrected chi connectivity index (χ0v) is 19.1. The van der Waals surface area contributed by atoms with Crippen LogP contribution in [0, 0.1) is 0 Å². The van der Waals surface area contributed by atoms with Gasteiger partial charge in [-0.2, -0.15) is 0 Å². The van der Waals surface area contributed by atoms with E-state index in [0.717, 1.165) is 30.6 Å². The average molecular weight is 507 g/mol. The standard InChI is InChI=1S/C23H29N3O2.HI/c1-24-22(25-16-20(27)17-9-3-2-4-10-17)26-19-15-23(13-7-8-14-23)28-21-12-6-5-11-18(19)21;/h2-6,9-12,19-20,27H,7-8,13-16H2,1H3,(H2,24,25,26);1H. The molecule has 2 atom stereocenters. The number of hydrogen-bond acceptors (Lipinski definition) is 3. The summed E-state index contributed by atoms with van der Waals surface area (Å²) in [6.45, 7) is 0.402. The van der Waals surface area contributed by atoms with Crippen LogP contribution in [0.3, 0.4) is 0 Å². The molecule has 5 nitrogen and oxygen atoms in total. The van der Waals surface area contributed by atoms with Crippen LogP contribution in [0.15, 0.2) is 59.6 Å². The Balaban J connectivity index is 0.00000240.